The maximum Gasteiger partial charge on any atom is 0.225 e. The number of benzene rings is 1. The molecule has 2 N–H and O–H groups in total. The third kappa shape index (κ3) is 3.18. The van der Waals surface area contributed by atoms with E-state index in [-0.39, 0.29) is 0 Å². The fourth-order valence-corrected chi connectivity index (χ4v) is 6.99. The number of nitrogens with zero attached hydrogens (tertiary/aromatic N) is 4. The first-order valence-corrected chi connectivity index (χ1v) is 12.0. The topological polar surface area (TPSA) is 60.1 Å². The van der Waals surface area contributed by atoms with Crippen molar-refractivity contribution >= 4 is 23.6 Å². The van der Waals surface area contributed by atoms with Gasteiger partial charge in [-0.1, -0.05) is 13.0 Å². The summed E-state index contributed by atoms with van der Waals surface area (Å²) >= 11 is 1.70. The molecule has 0 unspecified atom stereocenters. The molecule has 3 heterocycles. The molecule has 0 saturated carbocycles. The van der Waals surface area contributed by atoms with Gasteiger partial charge in [-0.25, -0.2) is 9.40 Å². The number of nitrogens with one attached hydrogen (secondary N) is 2. The van der Waals surface area contributed by atoms with Gasteiger partial charge in [-0.3, -0.25) is 0 Å². The molecule has 154 valence electrons. The van der Waals surface area contributed by atoms with E-state index in [1.54, 1.807) is 23.1 Å². The van der Waals surface area contributed by atoms with Crippen LogP contribution in [0.2, 0.25) is 0 Å². The first kappa shape index (κ1) is 18.2. The zero-order valence-corrected chi connectivity index (χ0v) is 18.1. The number of aromatic amines is 1. The Bertz CT molecular complexity index is 899. The van der Waals surface area contributed by atoms with Crippen molar-refractivity contribution in [2.45, 2.75) is 57.0 Å². The molecule has 6 nitrogen and oxygen atoms in total. The quantitative estimate of drug-likeness (QED) is 0.735. The highest BCUT2D eigenvalue weighted by Crippen LogP contribution is 2.44. The molecule has 2 aliphatic heterocycles. The average Bonchev–Trinajstić information content (AvgIpc) is 3.47. The second-order valence-corrected chi connectivity index (χ2v) is 10.4. The van der Waals surface area contributed by atoms with E-state index in [0.29, 0.717) is 5.41 Å². The lowest BCUT2D eigenvalue weighted by Gasteiger charge is -2.46. The van der Waals surface area contributed by atoms with E-state index in [4.69, 9.17) is 4.98 Å². The predicted molar refractivity (Wildman–Crippen MR) is 117 cm³/mol. The molecule has 1 aromatic heterocycles. The lowest BCUT2D eigenvalue weighted by molar-refractivity contribution is 0.0884. The van der Waals surface area contributed by atoms with Gasteiger partial charge in [0.1, 0.15) is 0 Å². The van der Waals surface area contributed by atoms with Crippen molar-refractivity contribution in [3.8, 4) is 0 Å². The molecule has 0 atom stereocenters. The third-order valence-electron chi connectivity index (χ3n) is 7.38. The summed E-state index contributed by atoms with van der Waals surface area (Å²) in [5, 5.41) is 12.1. The second-order valence-electron chi connectivity index (χ2n) is 9.33. The van der Waals surface area contributed by atoms with Gasteiger partial charge in [0.2, 0.25) is 11.1 Å². The highest BCUT2D eigenvalue weighted by Gasteiger charge is 2.47. The zero-order chi connectivity index (χ0) is 19.4. The van der Waals surface area contributed by atoms with E-state index in [1.165, 1.54) is 81.4 Å². The van der Waals surface area contributed by atoms with E-state index < -0.39 is 0 Å². The molecule has 6 rings (SSSR count). The molecule has 1 spiro atoms. The van der Waals surface area contributed by atoms with E-state index in [2.05, 4.69) is 37.7 Å². The van der Waals surface area contributed by atoms with Gasteiger partial charge in [-0.2, -0.15) is 4.98 Å². The lowest BCUT2D eigenvalue weighted by Crippen LogP contribution is -2.54. The molecule has 7 heteroatoms. The van der Waals surface area contributed by atoms with Gasteiger partial charge in [0, 0.05) is 42.7 Å². The SMILES string of the molecule is CCN1CCC2(C1)CN(Sc1n[nH]c(Nc3c4c(cc5c3CCC5)CCC4)n1)C2. The van der Waals surface area contributed by atoms with Crippen LogP contribution in [0.5, 0.6) is 0 Å². The van der Waals surface area contributed by atoms with E-state index >= 15 is 0 Å². The van der Waals surface area contributed by atoms with E-state index in [9.17, 15) is 0 Å². The number of hydrogen-bond donors (Lipinski definition) is 2. The Balaban J connectivity index is 1.14. The molecule has 29 heavy (non-hydrogen) atoms. The fourth-order valence-electron chi connectivity index (χ4n) is 5.87. The van der Waals surface area contributed by atoms with Gasteiger partial charge in [0.15, 0.2) is 0 Å². The highest BCUT2D eigenvalue weighted by atomic mass is 32.2. The number of likely N-dealkylation sites (tertiary alicyclic amines) is 1. The monoisotopic (exact) mass is 410 g/mol. The maximum absolute atomic E-state index is 4.76. The minimum absolute atomic E-state index is 0.519. The summed E-state index contributed by atoms with van der Waals surface area (Å²) in [6.45, 7) is 8.28. The van der Waals surface area contributed by atoms with Gasteiger partial charge in [0.05, 0.1) is 0 Å². The summed E-state index contributed by atoms with van der Waals surface area (Å²) in [5.41, 5.74) is 7.97. The number of aromatic nitrogens is 3. The van der Waals surface area contributed by atoms with Crippen LogP contribution in [0.1, 0.15) is 48.4 Å². The molecule has 2 aliphatic carbocycles. The molecule has 0 bridgehead atoms. The van der Waals surface area contributed by atoms with Crippen LogP contribution in [-0.4, -0.2) is 57.1 Å². The Morgan fingerprint density at radius 3 is 2.55 bits per heavy atom. The van der Waals surface area contributed by atoms with Crippen molar-refractivity contribution in [3.05, 3.63) is 28.3 Å². The Labute approximate surface area is 177 Å². The fraction of sp³-hybridized carbons (Fsp3) is 0.636. The third-order valence-corrected chi connectivity index (χ3v) is 8.24. The first-order chi connectivity index (χ1) is 14.2. The van der Waals surface area contributed by atoms with Gasteiger partial charge in [-0.05, 0) is 80.3 Å². The van der Waals surface area contributed by atoms with Crippen LogP contribution in [0.15, 0.2) is 11.2 Å². The zero-order valence-electron chi connectivity index (χ0n) is 17.3. The van der Waals surface area contributed by atoms with Crippen LogP contribution >= 0.6 is 11.9 Å². The predicted octanol–water partition coefficient (Wildman–Crippen LogP) is 3.56. The summed E-state index contributed by atoms with van der Waals surface area (Å²) in [4.78, 5) is 7.33. The molecule has 2 aromatic rings. The number of anilines is 2. The van der Waals surface area contributed by atoms with Gasteiger partial charge >= 0.3 is 0 Å². The summed E-state index contributed by atoms with van der Waals surface area (Å²) < 4.78 is 2.42. The molecule has 0 radical (unpaired) electrons. The average molecular weight is 411 g/mol. The van der Waals surface area contributed by atoms with Crippen molar-refractivity contribution in [3.63, 3.8) is 0 Å². The summed E-state index contributed by atoms with van der Waals surface area (Å²) in [6, 6.07) is 2.47. The van der Waals surface area contributed by atoms with Crippen LogP contribution in [0.25, 0.3) is 0 Å². The molecule has 4 aliphatic rings. The largest absolute Gasteiger partial charge is 0.324 e. The van der Waals surface area contributed by atoms with Crippen molar-refractivity contribution in [2.75, 3.05) is 38.0 Å². The van der Waals surface area contributed by atoms with E-state index in [1.807, 2.05) is 0 Å². The van der Waals surface area contributed by atoms with Crippen LogP contribution in [0.4, 0.5) is 11.6 Å². The summed E-state index contributed by atoms with van der Waals surface area (Å²) in [7, 11) is 0. The second kappa shape index (κ2) is 7.00. The number of hydrogen-bond acceptors (Lipinski definition) is 6. The molecule has 2 fully saturated rings. The molecule has 0 amide bonds. The molecule has 1 aromatic carbocycles. The number of fused-ring (bicyclic) bond motifs is 2. The van der Waals surface area contributed by atoms with Crippen LogP contribution in [-0.2, 0) is 25.7 Å². The Morgan fingerprint density at radius 1 is 1.10 bits per heavy atom. The minimum Gasteiger partial charge on any atom is -0.324 e. The van der Waals surface area contributed by atoms with Crippen molar-refractivity contribution in [2.24, 2.45) is 5.41 Å². The highest BCUT2D eigenvalue weighted by molar-refractivity contribution is 7.96. The maximum atomic E-state index is 4.76. The summed E-state index contributed by atoms with van der Waals surface area (Å²) in [6.07, 6.45) is 8.70. The molecular formula is C22H30N6S. The van der Waals surface area contributed by atoms with Crippen LogP contribution in [0.3, 0.4) is 0 Å². The normalized spacial score (nSPS) is 22.8. The summed E-state index contributed by atoms with van der Waals surface area (Å²) in [5.74, 6) is 0.787. The van der Waals surface area contributed by atoms with Gasteiger partial charge < -0.3 is 10.2 Å². The lowest BCUT2D eigenvalue weighted by atomic mass is 9.81. The standard InChI is InChI=1S/C22H30N6S/c1-2-27-10-9-22(12-27)13-28(14-22)29-21-24-20(25-26-21)23-19-17-7-3-5-15(17)11-16-6-4-8-18(16)19/h11H,2-10,12-14H2,1H3,(H2,23,24,25,26). The van der Waals surface area contributed by atoms with Crippen LogP contribution < -0.4 is 5.32 Å². The molecule has 2 saturated heterocycles. The van der Waals surface area contributed by atoms with E-state index in [0.717, 1.165) is 24.2 Å². The minimum atomic E-state index is 0.519. The van der Waals surface area contributed by atoms with Crippen LogP contribution in [0, 0.1) is 5.41 Å². The Hall–Kier alpha value is -1.57. The number of aryl methyl sites for hydroxylation is 2. The number of rotatable bonds is 5. The van der Waals surface area contributed by atoms with Crippen molar-refractivity contribution in [1.82, 2.24) is 24.4 Å². The Morgan fingerprint density at radius 2 is 1.86 bits per heavy atom. The first-order valence-electron chi connectivity index (χ1n) is 11.2. The Kier molecular flexibility index (Phi) is 4.39. The number of H-pyrrole nitrogens is 1. The van der Waals surface area contributed by atoms with Crippen molar-refractivity contribution < 1.29 is 0 Å². The smallest absolute Gasteiger partial charge is 0.225 e. The van der Waals surface area contributed by atoms with Gasteiger partial charge in [0.25, 0.3) is 0 Å². The van der Waals surface area contributed by atoms with Gasteiger partial charge in [-0.15, -0.1) is 5.10 Å². The van der Waals surface area contributed by atoms with Crippen molar-refractivity contribution in [1.29, 1.82) is 0 Å². The molecular weight excluding hydrogens is 380 g/mol.